The van der Waals surface area contributed by atoms with E-state index in [9.17, 15) is 14.3 Å². The molecule has 1 atom stereocenters. The summed E-state index contributed by atoms with van der Waals surface area (Å²) in [6.45, 7) is 7.02. The van der Waals surface area contributed by atoms with Crippen molar-refractivity contribution >= 4 is 34.2 Å². The fraction of sp³-hybridized carbons (Fsp3) is 0.417. The minimum absolute atomic E-state index is 0.189. The van der Waals surface area contributed by atoms with Crippen LogP contribution in [0.5, 0.6) is 0 Å². The average molecular weight is 459 g/mol. The second-order valence-electron chi connectivity index (χ2n) is 9.23. The minimum atomic E-state index is -0.754. The molecule has 1 fully saturated rings. The van der Waals surface area contributed by atoms with Crippen molar-refractivity contribution in [1.82, 2.24) is 15.1 Å². The number of carbonyl (C=O) groups is 1. The van der Waals surface area contributed by atoms with E-state index in [0.717, 1.165) is 34.9 Å². The smallest absolute Gasteiger partial charge is 0.321 e. The summed E-state index contributed by atoms with van der Waals surface area (Å²) < 4.78 is 14.0. The van der Waals surface area contributed by atoms with Crippen LogP contribution >= 0.6 is 11.6 Å². The number of aromatic nitrogens is 2. The highest BCUT2D eigenvalue weighted by Gasteiger charge is 2.40. The molecule has 1 saturated heterocycles. The van der Waals surface area contributed by atoms with Crippen molar-refractivity contribution in [3.05, 3.63) is 58.5 Å². The van der Waals surface area contributed by atoms with E-state index < -0.39 is 17.3 Å². The molecular formula is C24H28ClFN4O2. The molecule has 2 heterocycles. The first-order chi connectivity index (χ1) is 15.2. The number of urea groups is 1. The molecular weight excluding hydrogens is 431 g/mol. The summed E-state index contributed by atoms with van der Waals surface area (Å²) in [5.41, 5.74) is 2.13. The molecule has 6 nitrogen and oxygen atoms in total. The average Bonchev–Trinajstić information content (AvgIpc) is 3.23. The predicted octanol–water partition coefficient (Wildman–Crippen LogP) is 5.67. The second-order valence-corrected chi connectivity index (χ2v) is 9.66. The zero-order chi connectivity index (χ0) is 23.0. The Morgan fingerprint density at radius 3 is 2.75 bits per heavy atom. The standard InChI is InChI=1S/C24H28ClFN4O2/c1-14-4-5-19(26)20(10-14)28-23(32)30-8-6-16(7-9-30)24(2,3)22(31)18-12-17(25)11-15-13-27-29-21(15)18/h4-5,10-13,16,22,31H,6-9H2,1-3H3,(H,27,29)(H,28,32). The van der Waals surface area contributed by atoms with Crippen molar-refractivity contribution in [2.75, 3.05) is 18.4 Å². The van der Waals surface area contributed by atoms with Crippen LogP contribution in [0, 0.1) is 24.1 Å². The van der Waals surface area contributed by atoms with Crippen molar-refractivity contribution in [1.29, 1.82) is 0 Å². The third-order valence-corrected chi connectivity index (χ3v) is 6.96. The molecule has 1 aromatic heterocycles. The Hall–Kier alpha value is -2.64. The van der Waals surface area contributed by atoms with Gasteiger partial charge in [-0.1, -0.05) is 31.5 Å². The van der Waals surface area contributed by atoms with Gasteiger partial charge in [-0.3, -0.25) is 5.10 Å². The lowest BCUT2D eigenvalue weighted by molar-refractivity contribution is -0.0138. The number of amides is 2. The summed E-state index contributed by atoms with van der Waals surface area (Å²) in [4.78, 5) is 14.4. The van der Waals surface area contributed by atoms with E-state index in [-0.39, 0.29) is 17.6 Å². The first-order valence-electron chi connectivity index (χ1n) is 10.8. The molecule has 1 aliphatic heterocycles. The molecule has 0 spiro atoms. The molecule has 0 radical (unpaired) electrons. The Kier molecular flexibility index (Phi) is 6.14. The molecule has 1 aliphatic rings. The summed E-state index contributed by atoms with van der Waals surface area (Å²) in [7, 11) is 0. The van der Waals surface area contributed by atoms with Gasteiger partial charge in [0.05, 0.1) is 23.5 Å². The Morgan fingerprint density at radius 2 is 2.03 bits per heavy atom. The van der Waals surface area contributed by atoms with Crippen molar-refractivity contribution < 1.29 is 14.3 Å². The van der Waals surface area contributed by atoms with Gasteiger partial charge in [0.1, 0.15) is 5.82 Å². The van der Waals surface area contributed by atoms with E-state index in [1.54, 1.807) is 29.3 Å². The van der Waals surface area contributed by atoms with Crippen molar-refractivity contribution in [3.8, 4) is 0 Å². The van der Waals surface area contributed by atoms with E-state index in [0.29, 0.717) is 18.1 Å². The number of fused-ring (bicyclic) bond motifs is 1. The van der Waals surface area contributed by atoms with Crippen molar-refractivity contribution in [2.24, 2.45) is 11.3 Å². The summed E-state index contributed by atoms with van der Waals surface area (Å²) in [6, 6.07) is 7.94. The number of aliphatic hydroxyl groups excluding tert-OH is 1. The van der Waals surface area contributed by atoms with Gasteiger partial charge in [0, 0.05) is 29.1 Å². The monoisotopic (exact) mass is 458 g/mol. The number of benzene rings is 2. The largest absolute Gasteiger partial charge is 0.388 e. The van der Waals surface area contributed by atoms with Crippen LogP contribution in [0.4, 0.5) is 14.9 Å². The van der Waals surface area contributed by atoms with Crippen LogP contribution < -0.4 is 5.32 Å². The van der Waals surface area contributed by atoms with Crippen LogP contribution in [0.2, 0.25) is 5.02 Å². The summed E-state index contributed by atoms with van der Waals surface area (Å²) in [5.74, 6) is -0.260. The summed E-state index contributed by atoms with van der Waals surface area (Å²) in [5, 5.41) is 22.5. The SMILES string of the molecule is Cc1ccc(F)c(NC(=O)N2CCC(C(C)(C)C(O)c3cc(Cl)cc4cn[nH]c34)CC2)c1. The number of aliphatic hydroxyl groups is 1. The molecule has 0 saturated carbocycles. The predicted molar refractivity (Wildman–Crippen MR) is 124 cm³/mol. The van der Waals surface area contributed by atoms with Crippen LogP contribution in [0.3, 0.4) is 0 Å². The van der Waals surface area contributed by atoms with Crippen LogP contribution in [0.1, 0.15) is 43.9 Å². The van der Waals surface area contributed by atoms with E-state index in [1.807, 2.05) is 26.8 Å². The first kappa shape index (κ1) is 22.6. The molecule has 0 aliphatic carbocycles. The Morgan fingerprint density at radius 1 is 1.31 bits per heavy atom. The maximum atomic E-state index is 14.0. The van der Waals surface area contributed by atoms with Gasteiger partial charge in [-0.15, -0.1) is 0 Å². The number of aromatic amines is 1. The number of carbonyl (C=O) groups excluding carboxylic acids is 1. The number of aryl methyl sites for hydroxylation is 1. The number of anilines is 1. The number of hydrogen-bond acceptors (Lipinski definition) is 3. The van der Waals surface area contributed by atoms with Crippen molar-refractivity contribution in [2.45, 2.75) is 39.7 Å². The number of hydrogen-bond donors (Lipinski definition) is 3. The third kappa shape index (κ3) is 4.32. The Labute approximate surface area is 191 Å². The molecule has 2 aromatic carbocycles. The lowest BCUT2D eigenvalue weighted by Crippen LogP contribution is -2.45. The zero-order valence-electron chi connectivity index (χ0n) is 18.5. The van der Waals surface area contributed by atoms with Gasteiger partial charge < -0.3 is 15.3 Å². The highest BCUT2D eigenvalue weighted by atomic mass is 35.5. The lowest BCUT2D eigenvalue weighted by Gasteiger charge is -2.43. The molecule has 1 unspecified atom stereocenters. The Bertz CT molecular complexity index is 1140. The topological polar surface area (TPSA) is 81.2 Å². The molecule has 4 rings (SSSR count). The van der Waals surface area contributed by atoms with Crippen LogP contribution in [0.25, 0.3) is 10.9 Å². The molecule has 3 aromatic rings. The number of rotatable bonds is 4. The molecule has 0 bridgehead atoms. The van der Waals surface area contributed by atoms with Crippen LogP contribution in [-0.4, -0.2) is 39.3 Å². The third-order valence-electron chi connectivity index (χ3n) is 6.74. The van der Waals surface area contributed by atoms with E-state index in [4.69, 9.17) is 11.6 Å². The van der Waals surface area contributed by atoms with Gasteiger partial charge in [0.2, 0.25) is 0 Å². The fourth-order valence-electron chi connectivity index (χ4n) is 4.64. The quantitative estimate of drug-likeness (QED) is 0.471. The van der Waals surface area contributed by atoms with Crippen molar-refractivity contribution in [3.63, 3.8) is 0 Å². The number of nitrogens with one attached hydrogen (secondary N) is 2. The highest BCUT2D eigenvalue weighted by molar-refractivity contribution is 6.31. The highest BCUT2D eigenvalue weighted by Crippen LogP contribution is 2.46. The van der Waals surface area contributed by atoms with Gasteiger partial charge >= 0.3 is 6.03 Å². The molecule has 32 heavy (non-hydrogen) atoms. The van der Waals surface area contributed by atoms with E-state index >= 15 is 0 Å². The van der Waals surface area contributed by atoms with E-state index in [1.165, 1.54) is 6.07 Å². The second kappa shape index (κ2) is 8.71. The fourth-order valence-corrected chi connectivity index (χ4v) is 4.88. The molecule has 170 valence electrons. The number of piperidine rings is 1. The molecule has 3 N–H and O–H groups in total. The lowest BCUT2D eigenvalue weighted by atomic mass is 9.68. The normalized spacial score (nSPS) is 16.4. The summed E-state index contributed by atoms with van der Waals surface area (Å²) >= 11 is 6.27. The van der Waals surface area contributed by atoms with E-state index in [2.05, 4.69) is 15.5 Å². The maximum absolute atomic E-state index is 14.0. The first-order valence-corrected chi connectivity index (χ1v) is 11.2. The minimum Gasteiger partial charge on any atom is -0.388 e. The van der Waals surface area contributed by atoms with Gasteiger partial charge in [-0.25, -0.2) is 9.18 Å². The Balaban J connectivity index is 1.44. The van der Waals surface area contributed by atoms with Gasteiger partial charge in [-0.05, 0) is 60.9 Å². The number of nitrogens with zero attached hydrogens (tertiary/aromatic N) is 2. The number of likely N-dealkylation sites (tertiary alicyclic amines) is 1. The van der Waals surface area contributed by atoms with Gasteiger partial charge in [0.15, 0.2) is 0 Å². The number of H-pyrrole nitrogens is 1. The summed E-state index contributed by atoms with van der Waals surface area (Å²) in [6.07, 6.45) is 2.41. The number of halogens is 2. The van der Waals surface area contributed by atoms with Crippen LogP contribution in [-0.2, 0) is 0 Å². The van der Waals surface area contributed by atoms with Gasteiger partial charge in [0.25, 0.3) is 0 Å². The van der Waals surface area contributed by atoms with Gasteiger partial charge in [-0.2, -0.15) is 5.10 Å². The molecule has 8 heteroatoms. The van der Waals surface area contributed by atoms with Crippen LogP contribution in [0.15, 0.2) is 36.5 Å². The zero-order valence-corrected chi connectivity index (χ0v) is 19.2. The molecule has 2 amide bonds. The maximum Gasteiger partial charge on any atom is 0.321 e.